The zero-order valence-electron chi connectivity index (χ0n) is 30.7. The highest BCUT2D eigenvalue weighted by Crippen LogP contribution is 2.27. The molecule has 0 spiro atoms. The Balaban J connectivity index is 1.02. The third kappa shape index (κ3) is 16.2. The number of carbonyl (C=O) groups excluding carboxylic acids is 1. The molecule has 0 unspecified atom stereocenters. The summed E-state index contributed by atoms with van der Waals surface area (Å²) in [6.45, 7) is 10.7. The number of rotatable bonds is 26. The van der Waals surface area contributed by atoms with E-state index in [-0.39, 0.29) is 31.3 Å². The fourth-order valence-corrected chi connectivity index (χ4v) is 5.16. The van der Waals surface area contributed by atoms with Crippen LogP contribution in [-0.4, -0.2) is 126 Å². The van der Waals surface area contributed by atoms with Gasteiger partial charge in [-0.1, -0.05) is 30.3 Å². The van der Waals surface area contributed by atoms with E-state index in [0.717, 1.165) is 37.2 Å². The van der Waals surface area contributed by atoms with E-state index in [4.69, 9.17) is 38.1 Å². The number of carbonyl (C=O) groups is 1. The van der Waals surface area contributed by atoms with Crippen molar-refractivity contribution < 1.29 is 38.0 Å². The van der Waals surface area contributed by atoms with Crippen LogP contribution in [0.5, 0.6) is 0 Å². The molecule has 15 nitrogen and oxygen atoms in total. The molecule has 3 aromatic rings. The Kier molecular flexibility index (Phi) is 19.1. The molecule has 1 aliphatic heterocycles. The first kappa shape index (κ1) is 40.8. The minimum atomic E-state index is -0.294. The lowest BCUT2D eigenvalue weighted by molar-refractivity contribution is -0.121. The normalized spacial score (nSPS) is 13.4. The number of nitrogens with zero attached hydrogens (tertiary/aromatic N) is 4. The molecule has 52 heavy (non-hydrogen) atoms. The molecule has 2 aromatic heterocycles. The van der Waals surface area contributed by atoms with Gasteiger partial charge in [0.2, 0.25) is 11.9 Å². The van der Waals surface area contributed by atoms with Crippen molar-refractivity contribution >= 4 is 34.9 Å². The lowest BCUT2D eigenvalue weighted by Crippen LogP contribution is -2.37. The lowest BCUT2D eigenvalue weighted by Gasteiger charge is -2.31. The van der Waals surface area contributed by atoms with Crippen molar-refractivity contribution in [3.8, 4) is 0 Å². The van der Waals surface area contributed by atoms with Crippen LogP contribution in [-0.2, 0) is 44.6 Å². The summed E-state index contributed by atoms with van der Waals surface area (Å²) in [6.07, 6.45) is 5.49. The fourth-order valence-electron chi connectivity index (χ4n) is 5.16. The van der Waals surface area contributed by atoms with Crippen LogP contribution >= 0.6 is 0 Å². The maximum atomic E-state index is 12.6. The van der Waals surface area contributed by atoms with E-state index >= 15 is 0 Å². The van der Waals surface area contributed by atoms with E-state index in [0.29, 0.717) is 89.3 Å². The Hall–Kier alpha value is -3.96. The van der Waals surface area contributed by atoms with Crippen LogP contribution in [0, 0.1) is 0 Å². The maximum Gasteiger partial charge on any atom is 0.250 e. The van der Waals surface area contributed by atoms with Crippen LogP contribution in [0.2, 0.25) is 0 Å². The molecule has 1 fully saturated rings. The first-order chi connectivity index (χ1) is 25.5. The Morgan fingerprint density at radius 2 is 1.40 bits per heavy atom. The summed E-state index contributed by atoms with van der Waals surface area (Å²) in [5.74, 6) is 1.58. The van der Waals surface area contributed by atoms with Crippen molar-refractivity contribution in [2.24, 2.45) is 0 Å². The Labute approximate surface area is 307 Å². The number of anilines is 5. The first-order valence-electron chi connectivity index (χ1n) is 17.9. The minimum Gasteiger partial charge on any atom is -0.381 e. The number of methoxy groups -OCH3 is 1. The minimum absolute atomic E-state index is 0.117. The van der Waals surface area contributed by atoms with Gasteiger partial charge in [-0.3, -0.25) is 4.79 Å². The molecule has 0 atom stereocenters. The molecule has 1 aliphatic rings. The standard InChI is InChI=1S/C37H55N7O8/c1-29(2)40-32-25-35(42-34-9-12-38-37(43-34)44-13-10-31(46-3)11-14-44)39-26-33(32)41-36(45)28-52-24-22-50-20-18-48-16-15-47-17-19-49-21-23-51-27-30-7-5-4-6-8-30/h4-9,12,25-26,29,31H,10-11,13-24,27-28H2,1-3H3,(H,41,45)(H2,38,39,40,42,43). The zero-order chi connectivity index (χ0) is 36.6. The van der Waals surface area contributed by atoms with Gasteiger partial charge in [-0.25, -0.2) is 9.97 Å². The first-order valence-corrected chi connectivity index (χ1v) is 17.9. The largest absolute Gasteiger partial charge is 0.381 e. The summed E-state index contributed by atoms with van der Waals surface area (Å²) >= 11 is 0. The van der Waals surface area contributed by atoms with Gasteiger partial charge >= 0.3 is 0 Å². The van der Waals surface area contributed by atoms with E-state index in [9.17, 15) is 4.79 Å². The van der Waals surface area contributed by atoms with Crippen molar-refractivity contribution in [2.75, 3.05) is 114 Å². The Bertz CT molecular complexity index is 1410. The van der Waals surface area contributed by atoms with Crippen LogP contribution in [0.3, 0.4) is 0 Å². The van der Waals surface area contributed by atoms with Crippen molar-refractivity contribution in [1.29, 1.82) is 0 Å². The second-order valence-electron chi connectivity index (χ2n) is 12.3. The van der Waals surface area contributed by atoms with Gasteiger partial charge in [0.05, 0.1) is 96.4 Å². The molecule has 1 amide bonds. The second-order valence-corrected chi connectivity index (χ2v) is 12.3. The fraction of sp³-hybridized carbons (Fsp3) is 0.568. The predicted octanol–water partition coefficient (Wildman–Crippen LogP) is 4.29. The number of hydrogen-bond acceptors (Lipinski definition) is 14. The van der Waals surface area contributed by atoms with E-state index < -0.39 is 0 Å². The smallest absolute Gasteiger partial charge is 0.250 e. The molecular formula is C37H55N7O8. The summed E-state index contributed by atoms with van der Waals surface area (Å²) in [4.78, 5) is 28.4. The van der Waals surface area contributed by atoms with Gasteiger partial charge in [0.25, 0.3) is 0 Å². The van der Waals surface area contributed by atoms with Gasteiger partial charge < -0.3 is 54.0 Å². The van der Waals surface area contributed by atoms with Crippen LogP contribution < -0.4 is 20.9 Å². The second kappa shape index (κ2) is 24.3. The number of benzene rings is 1. The van der Waals surface area contributed by atoms with Gasteiger partial charge in [-0.2, -0.15) is 4.98 Å². The summed E-state index contributed by atoms with van der Waals surface area (Å²) in [5, 5.41) is 9.51. The number of aromatic nitrogens is 3. The average molecular weight is 726 g/mol. The molecule has 1 saturated heterocycles. The topological polar surface area (TPSA) is 160 Å². The number of amides is 1. The van der Waals surface area contributed by atoms with E-state index in [1.54, 1.807) is 25.6 Å². The van der Waals surface area contributed by atoms with Crippen LogP contribution in [0.4, 0.5) is 29.0 Å². The quantitative estimate of drug-likeness (QED) is 0.101. The predicted molar refractivity (Wildman–Crippen MR) is 199 cm³/mol. The van der Waals surface area contributed by atoms with Crippen molar-refractivity contribution in [3.63, 3.8) is 0 Å². The molecule has 15 heteroatoms. The molecule has 0 aliphatic carbocycles. The van der Waals surface area contributed by atoms with Crippen LogP contribution in [0.25, 0.3) is 0 Å². The number of hydrogen-bond donors (Lipinski definition) is 3. The molecule has 3 heterocycles. The average Bonchev–Trinajstić information content (AvgIpc) is 3.15. The van der Waals surface area contributed by atoms with Gasteiger partial charge in [0, 0.05) is 38.5 Å². The highest BCUT2D eigenvalue weighted by Gasteiger charge is 2.21. The zero-order valence-corrected chi connectivity index (χ0v) is 30.7. The molecule has 0 saturated carbocycles. The van der Waals surface area contributed by atoms with Crippen molar-refractivity contribution in [2.45, 2.75) is 45.4 Å². The molecule has 1 aromatic carbocycles. The third-order valence-electron chi connectivity index (χ3n) is 7.78. The highest BCUT2D eigenvalue weighted by molar-refractivity contribution is 5.95. The molecule has 286 valence electrons. The van der Waals surface area contributed by atoms with Crippen LogP contribution in [0.1, 0.15) is 32.3 Å². The molecule has 0 radical (unpaired) electrons. The highest BCUT2D eigenvalue weighted by atomic mass is 16.6. The van der Waals surface area contributed by atoms with Crippen molar-refractivity contribution in [3.05, 3.63) is 60.4 Å². The van der Waals surface area contributed by atoms with Crippen molar-refractivity contribution in [1.82, 2.24) is 15.0 Å². The number of piperidine rings is 1. The Morgan fingerprint density at radius 1 is 0.788 bits per heavy atom. The van der Waals surface area contributed by atoms with Gasteiger partial charge in [0.1, 0.15) is 18.2 Å². The molecular weight excluding hydrogens is 670 g/mol. The third-order valence-corrected chi connectivity index (χ3v) is 7.78. The van der Waals surface area contributed by atoms with E-state index in [1.807, 2.05) is 50.2 Å². The molecule has 4 rings (SSSR count). The monoisotopic (exact) mass is 725 g/mol. The summed E-state index contributed by atoms with van der Waals surface area (Å²) in [6, 6.07) is 13.8. The Morgan fingerprint density at radius 3 is 2.02 bits per heavy atom. The maximum absolute atomic E-state index is 12.6. The van der Waals surface area contributed by atoms with E-state index in [1.165, 1.54) is 0 Å². The summed E-state index contributed by atoms with van der Waals surface area (Å²) < 4.78 is 38.6. The summed E-state index contributed by atoms with van der Waals surface area (Å²) in [7, 11) is 1.75. The van der Waals surface area contributed by atoms with E-state index in [2.05, 4.69) is 30.8 Å². The van der Waals surface area contributed by atoms with Gasteiger partial charge in [0.15, 0.2) is 0 Å². The molecule has 3 N–H and O–H groups in total. The summed E-state index contributed by atoms with van der Waals surface area (Å²) in [5.41, 5.74) is 2.42. The SMILES string of the molecule is COC1CCN(c2nccc(Nc3cc(NC(C)C)c(NC(=O)COCCOCCOCCOCCOCCOCc4ccccc4)cn3)n2)CC1. The molecule has 0 bridgehead atoms. The van der Waals surface area contributed by atoms with Gasteiger partial charge in [-0.05, 0) is 38.3 Å². The number of pyridine rings is 1. The van der Waals surface area contributed by atoms with Crippen LogP contribution in [0.15, 0.2) is 54.9 Å². The number of ether oxygens (including phenoxy) is 7. The van der Waals surface area contributed by atoms with Gasteiger partial charge in [-0.15, -0.1) is 0 Å². The lowest BCUT2D eigenvalue weighted by atomic mass is 10.1. The number of nitrogens with one attached hydrogen (secondary N) is 3.